The van der Waals surface area contributed by atoms with Crippen LogP contribution in [0.25, 0.3) is 0 Å². The molecular formula is C16H24N2O4S. The topological polar surface area (TPSA) is 71.9 Å². The summed E-state index contributed by atoms with van der Waals surface area (Å²) in [6.45, 7) is 4.08. The molecule has 0 radical (unpaired) electrons. The summed E-state index contributed by atoms with van der Waals surface area (Å²) < 4.78 is 10.8. The number of carbonyl (C=O) groups is 1. The van der Waals surface area contributed by atoms with Crippen LogP contribution >= 0.6 is 11.3 Å². The maximum Gasteiger partial charge on any atom is 0.409 e. The Balaban J connectivity index is 1.44. The Morgan fingerprint density at radius 3 is 2.96 bits per heavy atom. The number of ether oxygens (including phenoxy) is 2. The fourth-order valence-electron chi connectivity index (χ4n) is 3.08. The van der Waals surface area contributed by atoms with Crippen LogP contribution in [0.4, 0.5) is 4.79 Å². The SMILES string of the molecule is Cc1csc(CC2(O)CCN(C(=O)OCC3CCCO3)CC2)n1. The average molecular weight is 340 g/mol. The number of rotatable bonds is 4. The van der Waals surface area contributed by atoms with Gasteiger partial charge in [-0.3, -0.25) is 0 Å². The van der Waals surface area contributed by atoms with E-state index in [4.69, 9.17) is 9.47 Å². The lowest BCUT2D eigenvalue weighted by atomic mass is 9.88. The molecule has 2 aliphatic rings. The highest BCUT2D eigenvalue weighted by Crippen LogP contribution is 2.28. The van der Waals surface area contributed by atoms with Crippen LogP contribution in [-0.4, -0.2) is 59.1 Å². The summed E-state index contributed by atoms with van der Waals surface area (Å²) in [5, 5.41) is 13.7. The van der Waals surface area contributed by atoms with Crippen molar-refractivity contribution in [3.05, 3.63) is 16.1 Å². The summed E-state index contributed by atoms with van der Waals surface area (Å²) >= 11 is 1.58. The van der Waals surface area contributed by atoms with E-state index in [0.29, 0.717) is 39.0 Å². The van der Waals surface area contributed by atoms with Gasteiger partial charge in [-0.25, -0.2) is 9.78 Å². The molecule has 2 saturated heterocycles. The van der Waals surface area contributed by atoms with Gasteiger partial charge in [0.2, 0.25) is 0 Å². The number of carbonyl (C=O) groups excluding carboxylic acids is 1. The molecule has 1 aromatic rings. The first kappa shape index (κ1) is 16.7. The zero-order valence-corrected chi connectivity index (χ0v) is 14.3. The Kier molecular flexibility index (Phi) is 5.18. The molecule has 2 aliphatic heterocycles. The quantitative estimate of drug-likeness (QED) is 0.909. The van der Waals surface area contributed by atoms with Gasteiger partial charge in [0.1, 0.15) is 6.61 Å². The minimum Gasteiger partial charge on any atom is -0.447 e. The van der Waals surface area contributed by atoms with Crippen LogP contribution in [0.5, 0.6) is 0 Å². The largest absolute Gasteiger partial charge is 0.447 e. The van der Waals surface area contributed by atoms with Crippen LogP contribution in [0.1, 0.15) is 36.4 Å². The van der Waals surface area contributed by atoms with Gasteiger partial charge in [-0.1, -0.05) is 0 Å². The highest BCUT2D eigenvalue weighted by Gasteiger charge is 2.35. The molecule has 1 amide bonds. The second kappa shape index (κ2) is 7.15. The zero-order valence-electron chi connectivity index (χ0n) is 13.5. The average Bonchev–Trinajstić information content (AvgIpc) is 3.17. The Morgan fingerprint density at radius 2 is 2.35 bits per heavy atom. The number of piperidine rings is 1. The van der Waals surface area contributed by atoms with Gasteiger partial charge in [-0.15, -0.1) is 11.3 Å². The second-order valence-corrected chi connectivity index (χ2v) is 7.43. The monoisotopic (exact) mass is 340 g/mol. The standard InChI is InChI=1S/C16H24N2O4S/c1-12-11-23-14(17-12)9-16(20)4-6-18(7-5-16)15(19)22-10-13-3-2-8-21-13/h11,13,20H,2-10H2,1H3. The first-order valence-electron chi connectivity index (χ1n) is 8.21. The Morgan fingerprint density at radius 1 is 1.57 bits per heavy atom. The molecule has 1 N–H and O–H groups in total. The third-order valence-electron chi connectivity index (χ3n) is 4.52. The minimum absolute atomic E-state index is 0.0498. The van der Waals surface area contributed by atoms with Gasteiger partial charge in [0.15, 0.2) is 0 Å². The molecule has 2 fully saturated rings. The minimum atomic E-state index is -0.768. The van der Waals surface area contributed by atoms with Crippen LogP contribution in [0.15, 0.2) is 5.38 Å². The maximum absolute atomic E-state index is 12.1. The van der Waals surface area contributed by atoms with E-state index in [1.165, 1.54) is 0 Å². The molecule has 0 aromatic carbocycles. The number of amides is 1. The third kappa shape index (κ3) is 4.43. The molecule has 1 aromatic heterocycles. The fraction of sp³-hybridized carbons (Fsp3) is 0.750. The van der Waals surface area contributed by atoms with Crippen molar-refractivity contribution in [2.24, 2.45) is 0 Å². The van der Waals surface area contributed by atoms with E-state index in [0.717, 1.165) is 30.2 Å². The lowest BCUT2D eigenvalue weighted by Crippen LogP contribution is -2.48. The van der Waals surface area contributed by atoms with Gasteiger partial charge in [0.25, 0.3) is 0 Å². The van der Waals surface area contributed by atoms with Gasteiger partial charge in [0, 0.05) is 37.2 Å². The number of aliphatic hydroxyl groups is 1. The van der Waals surface area contributed by atoms with Crippen molar-refractivity contribution in [1.29, 1.82) is 0 Å². The Labute approximate surface area is 140 Å². The van der Waals surface area contributed by atoms with Crippen LogP contribution in [0, 0.1) is 6.92 Å². The van der Waals surface area contributed by atoms with Gasteiger partial charge < -0.3 is 19.5 Å². The van der Waals surface area contributed by atoms with Crippen molar-refractivity contribution < 1.29 is 19.4 Å². The first-order chi connectivity index (χ1) is 11.0. The molecule has 6 nitrogen and oxygen atoms in total. The number of hydrogen-bond acceptors (Lipinski definition) is 6. The van der Waals surface area contributed by atoms with E-state index in [-0.39, 0.29) is 12.2 Å². The van der Waals surface area contributed by atoms with E-state index < -0.39 is 5.60 Å². The van der Waals surface area contributed by atoms with Gasteiger partial charge in [-0.05, 0) is 32.6 Å². The second-order valence-electron chi connectivity index (χ2n) is 6.48. The van der Waals surface area contributed by atoms with Crippen molar-refractivity contribution in [3.8, 4) is 0 Å². The number of nitrogens with zero attached hydrogens (tertiary/aromatic N) is 2. The van der Waals surface area contributed by atoms with Gasteiger partial charge in [0.05, 0.1) is 16.7 Å². The van der Waals surface area contributed by atoms with E-state index in [1.807, 2.05) is 12.3 Å². The molecule has 7 heteroatoms. The lowest BCUT2D eigenvalue weighted by Gasteiger charge is -2.37. The molecule has 23 heavy (non-hydrogen) atoms. The van der Waals surface area contributed by atoms with Crippen molar-refractivity contribution >= 4 is 17.4 Å². The van der Waals surface area contributed by atoms with Crippen molar-refractivity contribution in [3.63, 3.8) is 0 Å². The van der Waals surface area contributed by atoms with Crippen molar-refractivity contribution in [1.82, 2.24) is 9.88 Å². The number of aromatic nitrogens is 1. The number of aryl methyl sites for hydroxylation is 1. The molecule has 0 spiro atoms. The fourth-order valence-corrected chi connectivity index (χ4v) is 3.99. The van der Waals surface area contributed by atoms with E-state index in [2.05, 4.69) is 4.98 Å². The smallest absolute Gasteiger partial charge is 0.409 e. The number of hydrogen-bond donors (Lipinski definition) is 1. The predicted octanol–water partition coefficient (Wildman–Crippen LogP) is 2.14. The summed E-state index contributed by atoms with van der Waals surface area (Å²) in [4.78, 5) is 18.2. The van der Waals surface area contributed by atoms with Gasteiger partial charge in [-0.2, -0.15) is 0 Å². The molecule has 3 rings (SSSR count). The summed E-state index contributed by atoms with van der Waals surface area (Å²) in [7, 11) is 0. The van der Waals surface area contributed by atoms with Gasteiger partial charge >= 0.3 is 6.09 Å². The molecule has 128 valence electrons. The van der Waals surface area contributed by atoms with Crippen molar-refractivity contribution in [2.75, 3.05) is 26.3 Å². The number of likely N-dealkylation sites (tertiary alicyclic amines) is 1. The summed E-state index contributed by atoms with van der Waals surface area (Å²) in [6.07, 6.45) is 3.42. The molecule has 0 bridgehead atoms. The van der Waals surface area contributed by atoms with E-state index >= 15 is 0 Å². The Hall–Kier alpha value is -1.18. The van der Waals surface area contributed by atoms with Crippen LogP contribution in [-0.2, 0) is 15.9 Å². The highest BCUT2D eigenvalue weighted by atomic mass is 32.1. The highest BCUT2D eigenvalue weighted by molar-refractivity contribution is 7.09. The summed E-state index contributed by atoms with van der Waals surface area (Å²) in [6, 6.07) is 0. The predicted molar refractivity (Wildman–Crippen MR) is 86.6 cm³/mol. The van der Waals surface area contributed by atoms with E-state index in [1.54, 1.807) is 16.2 Å². The van der Waals surface area contributed by atoms with Crippen LogP contribution in [0.2, 0.25) is 0 Å². The molecule has 3 heterocycles. The molecule has 0 aliphatic carbocycles. The maximum atomic E-state index is 12.1. The molecular weight excluding hydrogens is 316 g/mol. The van der Waals surface area contributed by atoms with Crippen molar-refractivity contribution in [2.45, 2.75) is 50.7 Å². The molecule has 1 atom stereocenters. The first-order valence-corrected chi connectivity index (χ1v) is 9.09. The zero-order chi connectivity index (χ0) is 16.3. The summed E-state index contributed by atoms with van der Waals surface area (Å²) in [5.41, 5.74) is 0.221. The normalized spacial score (nSPS) is 23.9. The molecule has 0 saturated carbocycles. The molecule has 1 unspecified atom stereocenters. The number of thiazole rings is 1. The lowest BCUT2D eigenvalue weighted by molar-refractivity contribution is -0.0253. The van der Waals surface area contributed by atoms with Crippen LogP contribution in [0.3, 0.4) is 0 Å². The third-order valence-corrected chi connectivity index (χ3v) is 5.48. The van der Waals surface area contributed by atoms with Crippen LogP contribution < -0.4 is 0 Å². The summed E-state index contributed by atoms with van der Waals surface area (Å²) in [5.74, 6) is 0. The van der Waals surface area contributed by atoms with E-state index in [9.17, 15) is 9.90 Å². The Bertz CT molecular complexity index is 534.